The Labute approximate surface area is 605 Å². The number of hydrogen-bond acceptors (Lipinski definition) is 31. The highest BCUT2D eigenvalue weighted by atomic mass is 32.2. The zero-order valence-electron chi connectivity index (χ0n) is 55.7. The van der Waals surface area contributed by atoms with Crippen LogP contribution in [-0.2, 0) is 109 Å². The van der Waals surface area contributed by atoms with E-state index in [4.69, 9.17) is 38.4 Å². The molecule has 0 fully saturated rings. The molecule has 580 valence electrons. The Hall–Kier alpha value is -1.44. The van der Waals surface area contributed by atoms with Gasteiger partial charge in [-0.25, -0.2) is 5.26 Å². The molecule has 0 aliphatic heterocycles. The summed E-state index contributed by atoms with van der Waals surface area (Å²) in [5.74, 6) is -7.92. The maximum atomic E-state index is 13.7. The molecular formula is C52H96N2O33P4S8. The fraction of sp³-hybridized carbons (Fsp3) is 0.846. The van der Waals surface area contributed by atoms with E-state index < -0.39 is 199 Å². The minimum atomic E-state index is -4.46. The standard InChI is InChI=1S/C52H96N2O33P4S8/c1-39(47(61)53-49(3,4)37-98-87-86-63)27-96-21-11-45(59)84-35-51(31-80-41(55)7-17-92-23-13-88(64,65)66,32-81-42(56)8-18-93-24-14-89(67,68)69)29-79-30-52(33-82-43(57)9-19-94-25-15-90(70,71)72,34-83-44(58)10-20-95-26-16-91(73,74)75)36-85-46(60)12-22-97-28-40(2)48(62)54-50(5,6)38-99(76,77)78/h39-40,63H,7-38H2,1-6H3,(H,53,61)(H,54,62)(H2,64,65,66)(H2,67,68,69)(H2,70,71,72)(H2,73,74,75)(H,76,77,78). The van der Waals surface area contributed by atoms with Crippen LogP contribution in [-0.4, -0.2) is 274 Å². The van der Waals surface area contributed by atoms with Crippen molar-refractivity contribution in [3.8, 4) is 0 Å². The lowest BCUT2D eigenvalue weighted by Crippen LogP contribution is -2.50. The molecule has 35 nitrogen and oxygen atoms in total. The molecule has 0 heterocycles. The normalized spacial score (nSPS) is 13.4. The van der Waals surface area contributed by atoms with Gasteiger partial charge in [0.1, 0.15) is 39.6 Å². The molecule has 99 heavy (non-hydrogen) atoms. The van der Waals surface area contributed by atoms with Crippen molar-refractivity contribution in [2.45, 2.75) is 91.1 Å². The summed E-state index contributed by atoms with van der Waals surface area (Å²) in [7, 11) is -22.0. The van der Waals surface area contributed by atoms with Gasteiger partial charge in [-0.05, 0) is 27.7 Å². The minimum Gasteiger partial charge on any atom is -0.465 e. The van der Waals surface area contributed by atoms with E-state index in [1.807, 2.05) is 0 Å². The van der Waals surface area contributed by atoms with Gasteiger partial charge >= 0.3 is 66.2 Å². The Morgan fingerprint density at radius 2 is 0.667 bits per heavy atom. The second kappa shape index (κ2) is 50.2. The molecule has 12 N–H and O–H groups in total. The van der Waals surface area contributed by atoms with Gasteiger partial charge in [0, 0.05) is 104 Å². The van der Waals surface area contributed by atoms with Crippen LogP contribution in [0.2, 0.25) is 0 Å². The summed E-state index contributed by atoms with van der Waals surface area (Å²) in [5, 5.41) is 17.4. The molecular weight excluding hydrogens is 1560 g/mol. The van der Waals surface area contributed by atoms with Crippen molar-refractivity contribution in [1.82, 2.24) is 10.6 Å². The largest absolute Gasteiger partial charge is 0.465 e. The van der Waals surface area contributed by atoms with Crippen molar-refractivity contribution in [2.24, 2.45) is 22.7 Å². The highest BCUT2D eigenvalue weighted by molar-refractivity contribution is 8.00. The van der Waals surface area contributed by atoms with Crippen LogP contribution < -0.4 is 10.6 Å². The third kappa shape index (κ3) is 57.5. The molecule has 0 aromatic heterocycles. The molecule has 0 aliphatic rings. The molecule has 0 saturated carbocycles. The smallest absolute Gasteiger partial charge is 0.326 e. The van der Waals surface area contributed by atoms with E-state index in [-0.39, 0.29) is 119 Å². The Bertz CT molecular complexity index is 2700. The molecule has 0 spiro atoms. The van der Waals surface area contributed by atoms with Crippen molar-refractivity contribution in [2.75, 3.05) is 158 Å². The van der Waals surface area contributed by atoms with Crippen LogP contribution in [0.25, 0.3) is 0 Å². The van der Waals surface area contributed by atoms with Gasteiger partial charge in [0.15, 0.2) is 0 Å². The predicted octanol–water partition coefficient (Wildman–Crippen LogP) is 3.70. The number of esters is 6. The first-order valence-electron chi connectivity index (χ1n) is 30.0. The van der Waals surface area contributed by atoms with Crippen molar-refractivity contribution in [3.63, 3.8) is 0 Å². The molecule has 0 radical (unpaired) electrons. The fourth-order valence-electron chi connectivity index (χ4n) is 7.20. The monoisotopic (exact) mass is 1660 g/mol. The third-order valence-electron chi connectivity index (χ3n) is 12.5. The fourth-order valence-corrected chi connectivity index (χ4v) is 18.5. The number of hydrogen-bond donors (Lipinski definition) is 12. The van der Waals surface area contributed by atoms with Gasteiger partial charge in [0.05, 0.1) is 98.5 Å². The van der Waals surface area contributed by atoms with E-state index in [0.29, 0.717) is 0 Å². The van der Waals surface area contributed by atoms with E-state index in [0.717, 1.165) is 70.9 Å². The van der Waals surface area contributed by atoms with Crippen LogP contribution in [0.4, 0.5) is 0 Å². The van der Waals surface area contributed by atoms with Crippen LogP contribution in [0.1, 0.15) is 80.1 Å². The van der Waals surface area contributed by atoms with Crippen molar-refractivity contribution < 1.29 is 157 Å². The highest BCUT2D eigenvalue weighted by Crippen LogP contribution is 2.38. The van der Waals surface area contributed by atoms with Crippen LogP contribution in [0.15, 0.2) is 0 Å². The Kier molecular flexibility index (Phi) is 49.4. The summed E-state index contributed by atoms with van der Waals surface area (Å²) in [6.07, 6.45) is -3.99. The molecule has 0 aromatic carbocycles. The van der Waals surface area contributed by atoms with Gasteiger partial charge in [0.2, 0.25) is 11.8 Å². The van der Waals surface area contributed by atoms with E-state index in [9.17, 15) is 109 Å². The van der Waals surface area contributed by atoms with Gasteiger partial charge in [0.25, 0.3) is 10.1 Å². The lowest BCUT2D eigenvalue weighted by Gasteiger charge is -2.35. The quantitative estimate of drug-likeness (QED) is 0.00603. The number of ether oxygens (including phenoxy) is 7. The molecule has 2 amide bonds. The topological polar surface area (TPSA) is 548 Å². The average Bonchev–Trinajstić information content (AvgIpc) is 0.847. The zero-order valence-corrected chi connectivity index (χ0v) is 65.8. The maximum Gasteiger partial charge on any atom is 0.326 e. The SMILES string of the molecule is CC(CSCCC(=O)OCC(COCC(COC(=O)CCSCCP(=O)(O)O)(COC(=O)CCSCCP(=O)(O)O)COC(=O)CCSCC(C)C(=O)NC(C)(C)CS(=O)(=O)O)(COC(=O)CCSCCP(=O)(O)O)COC(=O)CCSCCP(=O)(O)O)C(=O)NC(C)(C)CSOOO. The lowest BCUT2D eigenvalue weighted by molar-refractivity contribution is -0.432. The summed E-state index contributed by atoms with van der Waals surface area (Å²) in [6.45, 7) is 3.27. The van der Waals surface area contributed by atoms with E-state index >= 15 is 0 Å². The number of nitrogens with one attached hydrogen (secondary N) is 2. The first-order chi connectivity index (χ1) is 45.7. The summed E-state index contributed by atoms with van der Waals surface area (Å²) in [4.78, 5) is 181. The van der Waals surface area contributed by atoms with Crippen molar-refractivity contribution >= 4 is 171 Å². The number of rotatable bonds is 60. The third-order valence-corrected chi connectivity index (χ3v) is 25.4. The number of thioether (sulfide) groups is 6. The molecule has 0 aromatic rings. The maximum absolute atomic E-state index is 13.7. The van der Waals surface area contributed by atoms with Gasteiger partial charge in [-0.15, -0.1) is 4.33 Å². The summed E-state index contributed by atoms with van der Waals surface area (Å²) in [6, 6.07) is 0. The highest BCUT2D eigenvalue weighted by Gasteiger charge is 2.41. The van der Waals surface area contributed by atoms with Gasteiger partial charge in [-0.1, -0.05) is 18.9 Å². The minimum absolute atomic E-state index is 0.00206. The number of carbonyl (C=O) groups excluding carboxylic acids is 8. The van der Waals surface area contributed by atoms with E-state index in [1.54, 1.807) is 20.8 Å². The molecule has 0 rings (SSSR count). The first-order valence-corrected chi connectivity index (χ1v) is 46.7. The summed E-state index contributed by atoms with van der Waals surface area (Å²) in [5.41, 5.74) is -5.97. The molecule has 0 saturated heterocycles. The van der Waals surface area contributed by atoms with Crippen LogP contribution in [0.3, 0.4) is 0 Å². The summed E-state index contributed by atoms with van der Waals surface area (Å²) >= 11 is 7.12. The zero-order chi connectivity index (χ0) is 75.6. The molecule has 2 atom stereocenters. The van der Waals surface area contributed by atoms with Crippen LogP contribution >= 0.6 is 113 Å². The lowest BCUT2D eigenvalue weighted by atomic mass is 9.90. The van der Waals surface area contributed by atoms with Crippen LogP contribution in [0, 0.1) is 22.7 Å². The molecule has 2 unspecified atom stereocenters. The number of carbonyl (C=O) groups is 8. The Morgan fingerprint density at radius 3 is 0.909 bits per heavy atom. The second-order valence-corrected chi connectivity index (χ2v) is 40.2. The van der Waals surface area contributed by atoms with Crippen molar-refractivity contribution in [3.05, 3.63) is 0 Å². The molecule has 0 bridgehead atoms. The predicted molar refractivity (Wildman–Crippen MR) is 377 cm³/mol. The summed E-state index contributed by atoms with van der Waals surface area (Å²) < 4.78 is 123. The second-order valence-electron chi connectivity index (χ2n) is 23.8. The number of amides is 2. The van der Waals surface area contributed by atoms with Gasteiger partial charge < -0.3 is 82.9 Å². The molecule has 0 aliphatic carbocycles. The average molecular weight is 1660 g/mol. The molecule has 47 heteroatoms. The van der Waals surface area contributed by atoms with Crippen molar-refractivity contribution in [1.29, 1.82) is 0 Å². The Balaban J connectivity index is 7.53. The first kappa shape index (κ1) is 97.6. The van der Waals surface area contributed by atoms with E-state index in [1.165, 1.54) is 32.5 Å². The van der Waals surface area contributed by atoms with Gasteiger partial charge in [-0.3, -0.25) is 61.2 Å². The van der Waals surface area contributed by atoms with E-state index in [2.05, 4.69) is 20.0 Å². The Morgan fingerprint density at radius 1 is 0.414 bits per heavy atom. The van der Waals surface area contributed by atoms with Gasteiger partial charge in [-0.2, -0.15) is 79.0 Å². The van der Waals surface area contributed by atoms with Crippen LogP contribution in [0.5, 0.6) is 0 Å².